The first-order valence-corrected chi connectivity index (χ1v) is 10.1. The number of nitrogens with zero attached hydrogens (tertiary/aromatic N) is 2. The van der Waals surface area contributed by atoms with Gasteiger partial charge >= 0.3 is 0 Å². The predicted octanol–water partition coefficient (Wildman–Crippen LogP) is 4.52. The Kier molecular flexibility index (Phi) is 6.17. The number of likely N-dealkylation sites (tertiary alicyclic amines) is 1. The average Bonchev–Trinajstić information content (AvgIpc) is 3.24. The average molecular weight is 387 g/mol. The van der Waals surface area contributed by atoms with Crippen LogP contribution >= 0.6 is 0 Å². The maximum absolute atomic E-state index is 13.0. The van der Waals surface area contributed by atoms with Crippen molar-refractivity contribution in [1.29, 1.82) is 0 Å². The summed E-state index contributed by atoms with van der Waals surface area (Å²) in [6.45, 7) is 1.84. The lowest BCUT2D eigenvalue weighted by atomic mass is 10.1. The minimum absolute atomic E-state index is 0.0257. The number of anilines is 1. The molecule has 0 aliphatic carbocycles. The van der Waals surface area contributed by atoms with Crippen LogP contribution in [0.25, 0.3) is 0 Å². The third-order valence-corrected chi connectivity index (χ3v) is 5.20. The lowest BCUT2D eigenvalue weighted by Gasteiger charge is -2.24. The fourth-order valence-corrected chi connectivity index (χ4v) is 3.72. The van der Waals surface area contributed by atoms with E-state index < -0.39 is 0 Å². The zero-order chi connectivity index (χ0) is 19.9. The molecule has 0 unspecified atom stereocenters. The van der Waals surface area contributed by atoms with Gasteiger partial charge in [-0.05, 0) is 55.6 Å². The summed E-state index contributed by atoms with van der Waals surface area (Å²) in [4.78, 5) is 19.4. The molecule has 1 fully saturated rings. The van der Waals surface area contributed by atoms with Gasteiger partial charge in [0.05, 0.1) is 17.9 Å². The van der Waals surface area contributed by atoms with Crippen molar-refractivity contribution in [3.63, 3.8) is 0 Å². The molecule has 1 aromatic heterocycles. The van der Waals surface area contributed by atoms with Gasteiger partial charge in [0.15, 0.2) is 5.75 Å². The highest BCUT2D eigenvalue weighted by molar-refractivity contribution is 5.96. The van der Waals surface area contributed by atoms with E-state index in [0.717, 1.165) is 32.4 Å². The molecule has 5 nitrogen and oxygen atoms in total. The van der Waals surface area contributed by atoms with Crippen molar-refractivity contribution in [3.05, 3.63) is 84.7 Å². The minimum Gasteiger partial charge on any atom is -0.454 e. The smallest absolute Gasteiger partial charge is 0.241 e. The fraction of sp³-hybridized carbons (Fsp3) is 0.250. The van der Waals surface area contributed by atoms with Crippen LogP contribution in [0.2, 0.25) is 0 Å². The Hall–Kier alpha value is -3.18. The van der Waals surface area contributed by atoms with Crippen LogP contribution < -0.4 is 10.1 Å². The molecule has 0 spiro atoms. The Balaban J connectivity index is 1.41. The second-order valence-electron chi connectivity index (χ2n) is 7.21. The molecule has 4 rings (SSSR count). The summed E-state index contributed by atoms with van der Waals surface area (Å²) in [5.74, 6) is 1.28. The highest BCUT2D eigenvalue weighted by atomic mass is 16.5. The number of nitrogens with one attached hydrogen (secondary N) is 1. The molecule has 1 atom stereocenters. The maximum Gasteiger partial charge on any atom is 0.241 e. The van der Waals surface area contributed by atoms with Crippen LogP contribution in [0.5, 0.6) is 11.5 Å². The third-order valence-electron chi connectivity index (χ3n) is 5.20. The largest absolute Gasteiger partial charge is 0.454 e. The third kappa shape index (κ3) is 5.00. The topological polar surface area (TPSA) is 54.5 Å². The number of carbonyl (C=O) groups excluding carboxylic acids is 1. The Morgan fingerprint density at radius 1 is 1.07 bits per heavy atom. The van der Waals surface area contributed by atoms with Gasteiger partial charge in [-0.2, -0.15) is 0 Å². The minimum atomic E-state index is -0.106. The Bertz CT molecular complexity index is 931. The molecule has 2 heterocycles. The van der Waals surface area contributed by atoms with Gasteiger partial charge in [-0.25, -0.2) is 0 Å². The summed E-state index contributed by atoms with van der Waals surface area (Å²) in [6, 6.07) is 21.5. The van der Waals surface area contributed by atoms with Crippen molar-refractivity contribution >= 4 is 11.6 Å². The highest BCUT2D eigenvalue weighted by Gasteiger charge is 2.30. The molecular weight excluding hydrogens is 362 g/mol. The zero-order valence-electron chi connectivity index (χ0n) is 16.3. The molecular formula is C24H25N3O2. The number of para-hydroxylation sites is 2. The number of benzene rings is 2. The summed E-state index contributed by atoms with van der Waals surface area (Å²) in [6.07, 6.45) is 6.23. The monoisotopic (exact) mass is 387 g/mol. The molecule has 0 bridgehead atoms. The van der Waals surface area contributed by atoms with E-state index in [0.29, 0.717) is 17.2 Å². The number of aromatic nitrogens is 1. The molecule has 1 saturated heterocycles. The van der Waals surface area contributed by atoms with E-state index in [-0.39, 0.29) is 11.9 Å². The quantitative estimate of drug-likeness (QED) is 0.648. The van der Waals surface area contributed by atoms with E-state index in [9.17, 15) is 4.79 Å². The van der Waals surface area contributed by atoms with Crippen LogP contribution in [0.15, 0.2) is 79.1 Å². The van der Waals surface area contributed by atoms with E-state index in [2.05, 4.69) is 39.5 Å². The van der Waals surface area contributed by atoms with E-state index in [1.54, 1.807) is 12.4 Å². The molecule has 1 aliphatic heterocycles. The standard InChI is InChI=1S/C24H25N3O2/c28-24(22-12-7-16-27(22)17-14-19-8-2-1-3-9-19)26-21-11-4-5-13-23(21)29-20-10-6-15-25-18-20/h1-6,8-11,13,15,18,22H,7,12,14,16-17H2,(H,26,28)/t22-/m1/s1. The van der Waals surface area contributed by atoms with E-state index in [1.165, 1.54) is 5.56 Å². The molecule has 29 heavy (non-hydrogen) atoms. The summed E-state index contributed by atoms with van der Waals surface area (Å²) in [5.41, 5.74) is 1.98. The van der Waals surface area contributed by atoms with Crippen molar-refractivity contribution in [2.75, 3.05) is 18.4 Å². The van der Waals surface area contributed by atoms with Crippen LogP contribution in [-0.4, -0.2) is 34.9 Å². The molecule has 1 aliphatic rings. The van der Waals surface area contributed by atoms with Crippen LogP contribution in [0.4, 0.5) is 5.69 Å². The second-order valence-corrected chi connectivity index (χ2v) is 7.21. The molecule has 3 aromatic rings. The lowest BCUT2D eigenvalue weighted by molar-refractivity contribution is -0.120. The van der Waals surface area contributed by atoms with E-state index in [4.69, 9.17) is 4.74 Å². The molecule has 0 saturated carbocycles. The first-order chi connectivity index (χ1) is 14.3. The normalized spacial score (nSPS) is 16.5. The summed E-state index contributed by atoms with van der Waals surface area (Å²) >= 11 is 0. The Morgan fingerprint density at radius 2 is 1.90 bits per heavy atom. The predicted molar refractivity (Wildman–Crippen MR) is 114 cm³/mol. The van der Waals surface area contributed by atoms with Gasteiger partial charge in [0, 0.05) is 12.7 Å². The van der Waals surface area contributed by atoms with Crippen LogP contribution in [0.1, 0.15) is 18.4 Å². The number of pyridine rings is 1. The number of hydrogen-bond acceptors (Lipinski definition) is 4. The number of rotatable bonds is 7. The molecule has 5 heteroatoms. The van der Waals surface area contributed by atoms with Crippen LogP contribution in [0, 0.1) is 0 Å². The van der Waals surface area contributed by atoms with Gasteiger partial charge < -0.3 is 10.1 Å². The van der Waals surface area contributed by atoms with Crippen LogP contribution in [-0.2, 0) is 11.2 Å². The maximum atomic E-state index is 13.0. The first kappa shape index (κ1) is 19.2. The molecule has 1 amide bonds. The first-order valence-electron chi connectivity index (χ1n) is 10.1. The number of carbonyl (C=O) groups is 1. The van der Waals surface area contributed by atoms with Gasteiger partial charge in [0.1, 0.15) is 5.75 Å². The van der Waals surface area contributed by atoms with Crippen molar-refractivity contribution < 1.29 is 9.53 Å². The molecule has 148 valence electrons. The molecule has 1 N–H and O–H groups in total. The number of amides is 1. The Labute approximate surface area is 171 Å². The lowest BCUT2D eigenvalue weighted by Crippen LogP contribution is -2.40. The summed E-state index contributed by atoms with van der Waals surface area (Å²) in [5, 5.41) is 3.07. The van der Waals surface area contributed by atoms with Gasteiger partial charge in [-0.15, -0.1) is 0 Å². The summed E-state index contributed by atoms with van der Waals surface area (Å²) < 4.78 is 5.91. The van der Waals surface area contributed by atoms with Crippen molar-refractivity contribution in [1.82, 2.24) is 9.88 Å². The molecule has 2 aromatic carbocycles. The van der Waals surface area contributed by atoms with Gasteiger partial charge in [0.2, 0.25) is 5.91 Å². The highest BCUT2D eigenvalue weighted by Crippen LogP contribution is 2.29. The van der Waals surface area contributed by atoms with E-state index >= 15 is 0 Å². The number of hydrogen-bond donors (Lipinski definition) is 1. The summed E-state index contributed by atoms with van der Waals surface area (Å²) in [7, 11) is 0. The van der Waals surface area contributed by atoms with Gasteiger partial charge in [-0.1, -0.05) is 42.5 Å². The van der Waals surface area contributed by atoms with Gasteiger partial charge in [-0.3, -0.25) is 14.7 Å². The van der Waals surface area contributed by atoms with Crippen molar-refractivity contribution in [2.45, 2.75) is 25.3 Å². The van der Waals surface area contributed by atoms with Crippen LogP contribution in [0.3, 0.4) is 0 Å². The van der Waals surface area contributed by atoms with Gasteiger partial charge in [0.25, 0.3) is 0 Å². The van der Waals surface area contributed by atoms with Crippen molar-refractivity contribution in [2.24, 2.45) is 0 Å². The van der Waals surface area contributed by atoms with E-state index in [1.807, 2.05) is 42.5 Å². The second kappa shape index (κ2) is 9.34. The van der Waals surface area contributed by atoms with Crippen molar-refractivity contribution in [3.8, 4) is 11.5 Å². The SMILES string of the molecule is O=C(Nc1ccccc1Oc1cccnc1)[C@H]1CCCN1CCc1ccccc1. The fourth-order valence-electron chi connectivity index (χ4n) is 3.72. The number of ether oxygens (including phenoxy) is 1. The zero-order valence-corrected chi connectivity index (χ0v) is 16.3. The molecule has 0 radical (unpaired) electrons. The Morgan fingerprint density at radius 3 is 2.72 bits per heavy atom.